The molecule has 4 nitrogen and oxygen atoms in total. The van der Waals surface area contributed by atoms with Gasteiger partial charge < -0.3 is 9.80 Å². The molecule has 138 valence electrons. The number of carbonyl (C=O) groups is 1. The van der Waals surface area contributed by atoms with E-state index in [4.69, 9.17) is 0 Å². The van der Waals surface area contributed by atoms with E-state index in [2.05, 4.69) is 22.0 Å². The number of carbonyl (C=O) groups excluding carboxylic acids is 1. The smallest absolute Gasteiger partial charge is 0.276 e. The molecule has 3 aromatic rings. The van der Waals surface area contributed by atoms with E-state index in [0.717, 1.165) is 23.5 Å². The Labute approximate surface area is 161 Å². The van der Waals surface area contributed by atoms with Crippen LogP contribution >= 0.6 is 0 Å². The highest BCUT2D eigenvalue weighted by atomic mass is 16.2. The third-order valence-corrected chi connectivity index (χ3v) is 4.55. The second-order valence-electron chi connectivity index (χ2n) is 6.63. The molecule has 3 rings (SSSR count). The average Bonchev–Trinajstić information content (AvgIpc) is 2.69. The first kappa shape index (κ1) is 18.6. The SMILES string of the molecule is CCN(C(=O)c1ccc(N(C)Cc2ccccc2)cn1)c1cccc(C)c1. The number of hydrogen-bond donors (Lipinski definition) is 0. The lowest BCUT2D eigenvalue weighted by Gasteiger charge is -2.22. The minimum Gasteiger partial charge on any atom is -0.369 e. The minimum absolute atomic E-state index is 0.0830. The normalized spacial score (nSPS) is 10.5. The van der Waals surface area contributed by atoms with Gasteiger partial charge in [-0.25, -0.2) is 4.98 Å². The first-order valence-electron chi connectivity index (χ1n) is 9.18. The van der Waals surface area contributed by atoms with E-state index in [1.54, 1.807) is 17.2 Å². The van der Waals surface area contributed by atoms with Gasteiger partial charge in [-0.05, 0) is 49.2 Å². The van der Waals surface area contributed by atoms with E-state index in [0.29, 0.717) is 12.2 Å². The van der Waals surface area contributed by atoms with Crippen LogP contribution in [0.4, 0.5) is 11.4 Å². The molecule has 1 amide bonds. The van der Waals surface area contributed by atoms with Crippen molar-refractivity contribution in [2.24, 2.45) is 0 Å². The molecule has 0 saturated heterocycles. The van der Waals surface area contributed by atoms with Crippen molar-refractivity contribution in [3.63, 3.8) is 0 Å². The number of amides is 1. The largest absolute Gasteiger partial charge is 0.369 e. The fourth-order valence-corrected chi connectivity index (χ4v) is 3.06. The zero-order valence-electron chi connectivity index (χ0n) is 16.1. The number of aromatic nitrogens is 1. The zero-order valence-corrected chi connectivity index (χ0v) is 16.1. The van der Waals surface area contributed by atoms with Gasteiger partial charge in [0.1, 0.15) is 5.69 Å². The number of rotatable bonds is 6. The molecule has 0 fully saturated rings. The summed E-state index contributed by atoms with van der Waals surface area (Å²) < 4.78 is 0. The average molecular weight is 359 g/mol. The third kappa shape index (κ3) is 4.53. The number of nitrogens with zero attached hydrogens (tertiary/aromatic N) is 3. The number of pyridine rings is 1. The van der Waals surface area contributed by atoms with Crippen LogP contribution in [0.1, 0.15) is 28.5 Å². The Kier molecular flexibility index (Phi) is 5.87. The number of anilines is 2. The molecule has 4 heteroatoms. The summed E-state index contributed by atoms with van der Waals surface area (Å²) in [6, 6.07) is 22.0. The summed E-state index contributed by atoms with van der Waals surface area (Å²) in [4.78, 5) is 21.2. The van der Waals surface area contributed by atoms with Crippen LogP contribution in [0.25, 0.3) is 0 Å². The van der Waals surface area contributed by atoms with E-state index in [9.17, 15) is 4.79 Å². The van der Waals surface area contributed by atoms with E-state index >= 15 is 0 Å². The molecule has 0 saturated carbocycles. The number of aryl methyl sites for hydroxylation is 1. The van der Waals surface area contributed by atoms with Crippen molar-refractivity contribution in [1.82, 2.24) is 4.98 Å². The topological polar surface area (TPSA) is 36.4 Å². The second-order valence-corrected chi connectivity index (χ2v) is 6.63. The van der Waals surface area contributed by atoms with Crippen molar-refractivity contribution < 1.29 is 4.79 Å². The third-order valence-electron chi connectivity index (χ3n) is 4.55. The van der Waals surface area contributed by atoms with Crippen LogP contribution in [0.3, 0.4) is 0 Å². The van der Waals surface area contributed by atoms with Gasteiger partial charge in [0.15, 0.2) is 0 Å². The molecule has 0 aliphatic heterocycles. The van der Waals surface area contributed by atoms with Gasteiger partial charge in [-0.2, -0.15) is 0 Å². The van der Waals surface area contributed by atoms with Gasteiger partial charge in [0.2, 0.25) is 0 Å². The fourth-order valence-electron chi connectivity index (χ4n) is 3.06. The van der Waals surface area contributed by atoms with E-state index < -0.39 is 0 Å². The van der Waals surface area contributed by atoms with Crippen LogP contribution in [0, 0.1) is 6.92 Å². The van der Waals surface area contributed by atoms with Crippen LogP contribution < -0.4 is 9.80 Å². The molecule has 0 aliphatic rings. The molecule has 0 N–H and O–H groups in total. The van der Waals surface area contributed by atoms with Crippen LogP contribution in [0.2, 0.25) is 0 Å². The summed E-state index contributed by atoms with van der Waals surface area (Å²) in [5.74, 6) is -0.0830. The second kappa shape index (κ2) is 8.49. The quantitative estimate of drug-likeness (QED) is 0.640. The molecule has 0 radical (unpaired) electrons. The van der Waals surface area contributed by atoms with Crippen molar-refractivity contribution in [2.45, 2.75) is 20.4 Å². The summed E-state index contributed by atoms with van der Waals surface area (Å²) in [5, 5.41) is 0. The Hall–Kier alpha value is -3.14. The summed E-state index contributed by atoms with van der Waals surface area (Å²) in [5.41, 5.74) is 4.69. The van der Waals surface area contributed by atoms with Crippen LogP contribution in [-0.4, -0.2) is 24.5 Å². The van der Waals surface area contributed by atoms with Gasteiger partial charge in [0.05, 0.1) is 11.9 Å². The standard InChI is InChI=1S/C23H25N3O/c1-4-26(20-12-8-9-18(2)15-20)23(27)22-14-13-21(16-24-22)25(3)17-19-10-6-5-7-11-19/h5-16H,4,17H2,1-3H3. The maximum atomic E-state index is 12.9. The molecule has 0 bridgehead atoms. The molecule has 0 spiro atoms. The Balaban J connectivity index is 1.74. The lowest BCUT2D eigenvalue weighted by Crippen LogP contribution is -2.31. The Morgan fingerprint density at radius 3 is 2.37 bits per heavy atom. The molecule has 27 heavy (non-hydrogen) atoms. The van der Waals surface area contributed by atoms with Crippen LogP contribution in [0.15, 0.2) is 72.9 Å². The monoisotopic (exact) mass is 359 g/mol. The molecular formula is C23H25N3O. The molecule has 1 heterocycles. The maximum absolute atomic E-state index is 12.9. The predicted molar refractivity (Wildman–Crippen MR) is 111 cm³/mol. The van der Waals surface area contributed by atoms with Crippen molar-refractivity contribution in [3.8, 4) is 0 Å². The highest BCUT2D eigenvalue weighted by molar-refractivity contribution is 6.04. The Morgan fingerprint density at radius 1 is 0.963 bits per heavy atom. The summed E-state index contributed by atoms with van der Waals surface area (Å²) in [6.07, 6.45) is 1.76. The van der Waals surface area contributed by atoms with Crippen LogP contribution in [-0.2, 0) is 6.54 Å². The van der Waals surface area contributed by atoms with Crippen molar-refractivity contribution in [2.75, 3.05) is 23.4 Å². The van der Waals surface area contributed by atoms with Gasteiger partial charge >= 0.3 is 0 Å². The van der Waals surface area contributed by atoms with E-state index in [1.165, 1.54) is 5.56 Å². The van der Waals surface area contributed by atoms with E-state index in [-0.39, 0.29) is 5.91 Å². The zero-order chi connectivity index (χ0) is 19.2. The van der Waals surface area contributed by atoms with Gasteiger partial charge in [0, 0.05) is 25.8 Å². The lowest BCUT2D eigenvalue weighted by atomic mass is 10.2. The van der Waals surface area contributed by atoms with Crippen molar-refractivity contribution >= 4 is 17.3 Å². The highest BCUT2D eigenvalue weighted by Crippen LogP contribution is 2.20. The van der Waals surface area contributed by atoms with Crippen molar-refractivity contribution in [3.05, 3.63) is 89.7 Å². The lowest BCUT2D eigenvalue weighted by molar-refractivity contribution is 0.0983. The fraction of sp³-hybridized carbons (Fsp3) is 0.217. The van der Waals surface area contributed by atoms with Gasteiger partial charge in [-0.3, -0.25) is 4.79 Å². The first-order chi connectivity index (χ1) is 13.1. The minimum atomic E-state index is -0.0830. The summed E-state index contributed by atoms with van der Waals surface area (Å²) in [6.45, 7) is 5.39. The molecule has 0 atom stereocenters. The Morgan fingerprint density at radius 2 is 1.74 bits per heavy atom. The van der Waals surface area contributed by atoms with Gasteiger partial charge in [0.25, 0.3) is 5.91 Å². The number of benzene rings is 2. The molecule has 1 aromatic heterocycles. The maximum Gasteiger partial charge on any atom is 0.276 e. The first-order valence-corrected chi connectivity index (χ1v) is 9.18. The Bertz CT molecular complexity index is 891. The van der Waals surface area contributed by atoms with Gasteiger partial charge in [-0.1, -0.05) is 42.5 Å². The van der Waals surface area contributed by atoms with Crippen molar-refractivity contribution in [1.29, 1.82) is 0 Å². The summed E-state index contributed by atoms with van der Waals surface area (Å²) in [7, 11) is 2.02. The highest BCUT2D eigenvalue weighted by Gasteiger charge is 2.17. The number of hydrogen-bond acceptors (Lipinski definition) is 3. The van der Waals surface area contributed by atoms with Crippen LogP contribution in [0.5, 0.6) is 0 Å². The van der Waals surface area contributed by atoms with E-state index in [1.807, 2.05) is 69.4 Å². The molecule has 2 aromatic carbocycles. The predicted octanol–water partition coefficient (Wildman–Crippen LogP) is 4.69. The van der Waals surface area contributed by atoms with Gasteiger partial charge in [-0.15, -0.1) is 0 Å². The molecule has 0 unspecified atom stereocenters. The molecular weight excluding hydrogens is 334 g/mol. The molecule has 0 aliphatic carbocycles. The summed E-state index contributed by atoms with van der Waals surface area (Å²) >= 11 is 0.